The summed E-state index contributed by atoms with van der Waals surface area (Å²) in [5.41, 5.74) is 0.413. The Balaban J connectivity index is 1.68. The van der Waals surface area contributed by atoms with E-state index in [1.54, 1.807) is 18.2 Å². The molecule has 3 aromatic rings. The first-order chi connectivity index (χ1) is 13.2. The summed E-state index contributed by atoms with van der Waals surface area (Å²) in [7, 11) is 0. The Morgan fingerprint density at radius 3 is 2.41 bits per heavy atom. The molecule has 1 saturated heterocycles. The van der Waals surface area contributed by atoms with Gasteiger partial charge in [-0.05, 0) is 18.2 Å². The lowest BCUT2D eigenvalue weighted by atomic mass is 10.1. The van der Waals surface area contributed by atoms with Crippen LogP contribution in [0, 0.1) is 0 Å². The third kappa shape index (κ3) is 3.68. The van der Waals surface area contributed by atoms with E-state index in [1.165, 1.54) is 4.68 Å². The molecule has 2 aromatic carbocycles. The molecule has 2 heterocycles. The van der Waals surface area contributed by atoms with Crippen molar-refractivity contribution in [3.8, 4) is 0 Å². The Hall–Kier alpha value is -3.19. The molecule has 1 N–H and O–H groups in total. The zero-order valence-electron chi connectivity index (χ0n) is 14.8. The summed E-state index contributed by atoms with van der Waals surface area (Å²) >= 11 is 0. The van der Waals surface area contributed by atoms with Crippen LogP contribution in [0.4, 0.5) is 11.5 Å². The molecule has 0 saturated carbocycles. The number of nitrogens with zero attached hydrogens (tertiary/aromatic N) is 3. The number of amides is 1. The summed E-state index contributed by atoms with van der Waals surface area (Å²) in [5.74, 6) is 0.417. The van der Waals surface area contributed by atoms with Crippen LogP contribution in [0.2, 0.25) is 0 Å². The number of anilines is 2. The monoisotopic (exact) mass is 364 g/mol. The van der Waals surface area contributed by atoms with Gasteiger partial charge in [0, 0.05) is 24.2 Å². The van der Waals surface area contributed by atoms with Gasteiger partial charge in [-0.15, -0.1) is 0 Å². The quantitative estimate of drug-likeness (QED) is 0.765. The number of carbonyl (C=O) groups excluding carboxylic acids is 1. The molecule has 138 valence electrons. The number of rotatable bonds is 4. The van der Waals surface area contributed by atoms with Crippen molar-refractivity contribution in [3.63, 3.8) is 0 Å². The molecule has 7 heteroatoms. The largest absolute Gasteiger partial charge is 0.378 e. The molecular weight excluding hydrogens is 344 g/mol. The molecule has 0 atom stereocenters. The van der Waals surface area contributed by atoms with Crippen molar-refractivity contribution in [2.75, 3.05) is 36.5 Å². The maximum absolute atomic E-state index is 12.8. The minimum atomic E-state index is -0.293. The van der Waals surface area contributed by atoms with Gasteiger partial charge in [-0.3, -0.25) is 9.59 Å². The average Bonchev–Trinajstić information content (AvgIpc) is 2.71. The Labute approximate surface area is 156 Å². The van der Waals surface area contributed by atoms with Crippen LogP contribution in [0.5, 0.6) is 0 Å². The number of morpholine rings is 1. The summed E-state index contributed by atoms with van der Waals surface area (Å²) in [6, 6.07) is 16.5. The fourth-order valence-electron chi connectivity index (χ4n) is 3.19. The van der Waals surface area contributed by atoms with Gasteiger partial charge in [-0.2, -0.15) is 5.10 Å². The molecule has 0 bridgehead atoms. The Morgan fingerprint density at radius 2 is 1.67 bits per heavy atom. The summed E-state index contributed by atoms with van der Waals surface area (Å²) in [4.78, 5) is 27.3. The normalized spacial score (nSPS) is 14.3. The van der Waals surface area contributed by atoms with Crippen molar-refractivity contribution >= 4 is 28.2 Å². The van der Waals surface area contributed by atoms with E-state index in [9.17, 15) is 9.59 Å². The second-order valence-electron chi connectivity index (χ2n) is 6.35. The van der Waals surface area contributed by atoms with Gasteiger partial charge < -0.3 is 15.0 Å². The molecule has 27 heavy (non-hydrogen) atoms. The summed E-state index contributed by atoms with van der Waals surface area (Å²) in [5, 5.41) is 8.66. The number of carbonyl (C=O) groups is 1. The Morgan fingerprint density at radius 1 is 1.00 bits per heavy atom. The highest BCUT2D eigenvalue weighted by Gasteiger charge is 2.19. The van der Waals surface area contributed by atoms with E-state index >= 15 is 0 Å². The minimum Gasteiger partial charge on any atom is -0.378 e. The molecule has 0 unspecified atom stereocenters. The smallest absolute Gasteiger partial charge is 0.275 e. The van der Waals surface area contributed by atoms with Gasteiger partial charge in [-0.25, -0.2) is 4.68 Å². The number of fused-ring (bicyclic) bond motifs is 1. The van der Waals surface area contributed by atoms with Crippen LogP contribution >= 0.6 is 0 Å². The predicted molar refractivity (Wildman–Crippen MR) is 104 cm³/mol. The number of hydrogen-bond donors (Lipinski definition) is 1. The number of aromatic nitrogens is 2. The zero-order valence-corrected chi connectivity index (χ0v) is 14.8. The van der Waals surface area contributed by atoms with E-state index in [2.05, 4.69) is 15.3 Å². The van der Waals surface area contributed by atoms with Gasteiger partial charge in [-0.1, -0.05) is 36.4 Å². The highest BCUT2D eigenvalue weighted by molar-refractivity contribution is 5.93. The topological polar surface area (TPSA) is 76.5 Å². The van der Waals surface area contributed by atoms with Crippen molar-refractivity contribution in [1.82, 2.24) is 9.78 Å². The predicted octanol–water partition coefficient (Wildman–Crippen LogP) is 1.87. The fraction of sp³-hybridized carbons (Fsp3) is 0.250. The first kappa shape index (κ1) is 17.2. The van der Waals surface area contributed by atoms with Gasteiger partial charge in [0.25, 0.3) is 5.56 Å². The molecule has 1 aromatic heterocycles. The number of benzene rings is 2. The van der Waals surface area contributed by atoms with Gasteiger partial charge in [0.2, 0.25) is 5.91 Å². The summed E-state index contributed by atoms with van der Waals surface area (Å²) in [6.07, 6.45) is 0. The van der Waals surface area contributed by atoms with E-state index in [0.717, 1.165) is 5.39 Å². The first-order valence-corrected chi connectivity index (χ1v) is 8.90. The van der Waals surface area contributed by atoms with E-state index in [4.69, 9.17) is 4.74 Å². The van der Waals surface area contributed by atoms with Crippen LogP contribution in [0.1, 0.15) is 0 Å². The lowest BCUT2D eigenvalue weighted by molar-refractivity contribution is -0.117. The summed E-state index contributed by atoms with van der Waals surface area (Å²) in [6.45, 7) is 2.49. The van der Waals surface area contributed by atoms with E-state index in [0.29, 0.717) is 43.2 Å². The standard InChI is InChI=1S/C20H20N4O3/c25-18(21-15-6-2-1-3-7-15)14-24-20(26)17-9-5-4-8-16(17)19(22-24)23-10-12-27-13-11-23/h1-9H,10-14H2,(H,21,25). The number of para-hydroxylation sites is 1. The number of hydrogen-bond acceptors (Lipinski definition) is 5. The van der Waals surface area contributed by atoms with Crippen LogP contribution in [0.25, 0.3) is 10.8 Å². The highest BCUT2D eigenvalue weighted by Crippen LogP contribution is 2.22. The van der Waals surface area contributed by atoms with Crippen molar-refractivity contribution in [2.45, 2.75) is 6.54 Å². The molecule has 1 aliphatic rings. The van der Waals surface area contributed by atoms with Crippen LogP contribution < -0.4 is 15.8 Å². The van der Waals surface area contributed by atoms with Crippen molar-refractivity contribution in [3.05, 3.63) is 65.0 Å². The van der Waals surface area contributed by atoms with Crippen molar-refractivity contribution in [1.29, 1.82) is 0 Å². The van der Waals surface area contributed by atoms with Gasteiger partial charge >= 0.3 is 0 Å². The van der Waals surface area contributed by atoms with Crippen molar-refractivity contribution in [2.24, 2.45) is 0 Å². The molecule has 4 rings (SSSR count). The third-order valence-corrected chi connectivity index (χ3v) is 4.51. The van der Waals surface area contributed by atoms with Gasteiger partial charge in [0.05, 0.1) is 18.6 Å². The lowest BCUT2D eigenvalue weighted by Crippen LogP contribution is -2.39. The lowest BCUT2D eigenvalue weighted by Gasteiger charge is -2.29. The number of ether oxygens (including phenoxy) is 1. The van der Waals surface area contributed by atoms with Crippen LogP contribution in [0.3, 0.4) is 0 Å². The van der Waals surface area contributed by atoms with Gasteiger partial charge in [0.1, 0.15) is 6.54 Å². The van der Waals surface area contributed by atoms with Crippen LogP contribution in [-0.4, -0.2) is 42.0 Å². The molecule has 1 aliphatic heterocycles. The maximum Gasteiger partial charge on any atom is 0.275 e. The molecule has 1 amide bonds. The molecule has 0 aliphatic carbocycles. The number of nitrogens with one attached hydrogen (secondary N) is 1. The Bertz CT molecular complexity index is 1010. The average molecular weight is 364 g/mol. The third-order valence-electron chi connectivity index (χ3n) is 4.51. The second-order valence-corrected chi connectivity index (χ2v) is 6.35. The second kappa shape index (κ2) is 7.59. The minimum absolute atomic E-state index is 0.143. The van der Waals surface area contributed by atoms with E-state index in [-0.39, 0.29) is 18.0 Å². The van der Waals surface area contributed by atoms with E-state index < -0.39 is 0 Å². The molecule has 1 fully saturated rings. The maximum atomic E-state index is 12.8. The zero-order chi connectivity index (χ0) is 18.6. The van der Waals surface area contributed by atoms with E-state index in [1.807, 2.05) is 36.4 Å². The SMILES string of the molecule is O=C(Cn1nc(N2CCOCC2)c2ccccc2c1=O)Nc1ccccc1. The molecular formula is C20H20N4O3. The van der Waals surface area contributed by atoms with Crippen molar-refractivity contribution < 1.29 is 9.53 Å². The fourth-order valence-corrected chi connectivity index (χ4v) is 3.19. The van der Waals surface area contributed by atoms with Crippen LogP contribution in [0.15, 0.2) is 59.4 Å². The van der Waals surface area contributed by atoms with Gasteiger partial charge in [0.15, 0.2) is 5.82 Å². The summed E-state index contributed by atoms with van der Waals surface area (Å²) < 4.78 is 6.66. The highest BCUT2D eigenvalue weighted by atomic mass is 16.5. The first-order valence-electron chi connectivity index (χ1n) is 8.90. The molecule has 0 radical (unpaired) electrons. The van der Waals surface area contributed by atoms with Crippen LogP contribution in [-0.2, 0) is 16.1 Å². The molecule has 7 nitrogen and oxygen atoms in total. The Kier molecular flexibility index (Phi) is 4.84. The molecule has 0 spiro atoms.